The van der Waals surface area contributed by atoms with E-state index in [1.165, 1.54) is 0 Å². The Morgan fingerprint density at radius 2 is 0.719 bits per heavy atom. The van der Waals surface area contributed by atoms with Crippen LogP contribution in [-0.4, -0.2) is 0 Å². The lowest BCUT2D eigenvalue weighted by Gasteiger charge is -2.26. The van der Waals surface area contributed by atoms with Gasteiger partial charge in [0, 0.05) is 38.6 Å². The number of hydrogen-bond donors (Lipinski definition) is 0. The van der Waals surface area contributed by atoms with Crippen LogP contribution in [0.25, 0.3) is 88.0 Å². The molecule has 9 aromatic carbocycles. The Morgan fingerprint density at radius 3 is 1.21 bits per heavy atom. The molecule has 0 amide bonds. The molecule has 57 heavy (non-hydrogen) atoms. The van der Waals surface area contributed by atoms with Gasteiger partial charge in [0.05, 0.1) is 11.6 Å². The number of fused-ring (bicyclic) bond motifs is 7. The average molecular weight is 729 g/mol. The van der Waals surface area contributed by atoms with Crippen molar-refractivity contribution in [2.45, 2.75) is 0 Å². The van der Waals surface area contributed by atoms with Crippen molar-refractivity contribution < 1.29 is 8.83 Å². The molecule has 2 aromatic heterocycles. The highest BCUT2D eigenvalue weighted by Crippen LogP contribution is 2.40. The van der Waals surface area contributed by atoms with Gasteiger partial charge in [-0.25, -0.2) is 0 Å². The van der Waals surface area contributed by atoms with Gasteiger partial charge >= 0.3 is 0 Å². The maximum absolute atomic E-state index is 9.35. The highest BCUT2D eigenvalue weighted by atomic mass is 16.3. The van der Waals surface area contributed by atoms with Crippen LogP contribution in [0.1, 0.15) is 5.56 Å². The van der Waals surface area contributed by atoms with E-state index < -0.39 is 0 Å². The highest BCUT2D eigenvalue weighted by Gasteiger charge is 2.16. The first kappa shape index (κ1) is 32.6. The van der Waals surface area contributed by atoms with Gasteiger partial charge in [-0.15, -0.1) is 0 Å². The van der Waals surface area contributed by atoms with E-state index in [0.29, 0.717) is 5.56 Å². The number of para-hydroxylation sites is 2. The summed E-state index contributed by atoms with van der Waals surface area (Å²) in [5, 5.41) is 16.0. The minimum Gasteiger partial charge on any atom is -0.456 e. The van der Waals surface area contributed by atoms with Gasteiger partial charge in [0.15, 0.2) is 0 Å². The molecule has 11 aromatic rings. The van der Waals surface area contributed by atoms with Crippen LogP contribution in [0, 0.1) is 11.3 Å². The van der Waals surface area contributed by atoms with Gasteiger partial charge in [-0.1, -0.05) is 103 Å². The Hall–Kier alpha value is -7.87. The number of benzene rings is 9. The van der Waals surface area contributed by atoms with Gasteiger partial charge in [0.1, 0.15) is 22.3 Å². The zero-order valence-electron chi connectivity index (χ0n) is 30.7. The summed E-state index contributed by atoms with van der Waals surface area (Å²) in [6, 6.07) is 70.1. The molecule has 4 nitrogen and oxygen atoms in total. The number of rotatable bonds is 6. The smallest absolute Gasteiger partial charge is 0.135 e. The van der Waals surface area contributed by atoms with E-state index in [1.54, 1.807) is 0 Å². The third-order valence-electron chi connectivity index (χ3n) is 11.1. The van der Waals surface area contributed by atoms with Crippen molar-refractivity contribution in [2.75, 3.05) is 4.90 Å². The molecule has 0 radical (unpaired) electrons. The Morgan fingerprint density at radius 1 is 0.333 bits per heavy atom. The molecular weight excluding hydrogens is 697 g/mol. The summed E-state index contributed by atoms with van der Waals surface area (Å²) in [4.78, 5) is 2.31. The SMILES string of the molecule is N#Cc1ccc2cc(-c3ccc(N(c4ccc(-c5ccc6oc7ccccc7c6c5)cc4)c4ccc(-c5ccc6oc7ccccc7c6c5)cc4)cc3)ccc2c1. The Kier molecular flexibility index (Phi) is 7.52. The molecule has 0 N–H and O–H groups in total. The molecule has 4 heteroatoms. The fourth-order valence-corrected chi connectivity index (χ4v) is 8.16. The quantitative estimate of drug-likeness (QED) is 0.171. The molecule has 0 atom stereocenters. The predicted octanol–water partition coefficient (Wildman–Crippen LogP) is 15.0. The standard InChI is InChI=1S/C53H32N2O2/c54-33-34-9-10-40-30-39(12-11-38(40)29-34)35-13-21-43(22-14-35)55(44-23-15-36(16-24-44)41-19-27-52-48(31-41)46-5-1-3-7-50(46)56-52)45-25-17-37(18-26-45)42-20-28-53-49(32-42)47-6-2-4-8-51(47)57-53/h1-32H. The second-order valence-corrected chi connectivity index (χ2v) is 14.5. The molecular formula is C53H32N2O2. The molecule has 0 spiro atoms. The first-order valence-corrected chi connectivity index (χ1v) is 19.0. The van der Waals surface area contributed by atoms with E-state index in [2.05, 4.69) is 163 Å². The topological polar surface area (TPSA) is 53.3 Å². The van der Waals surface area contributed by atoms with E-state index >= 15 is 0 Å². The van der Waals surface area contributed by atoms with Crippen LogP contribution in [-0.2, 0) is 0 Å². The largest absolute Gasteiger partial charge is 0.456 e. The maximum atomic E-state index is 9.35. The van der Waals surface area contributed by atoms with Crippen molar-refractivity contribution in [1.82, 2.24) is 0 Å². The van der Waals surface area contributed by atoms with Crippen molar-refractivity contribution in [3.05, 3.63) is 200 Å². The second-order valence-electron chi connectivity index (χ2n) is 14.5. The summed E-state index contributed by atoms with van der Waals surface area (Å²) in [5.41, 5.74) is 14.2. The van der Waals surface area contributed by atoms with E-state index in [4.69, 9.17) is 8.83 Å². The summed E-state index contributed by atoms with van der Waals surface area (Å²) in [6.45, 7) is 0. The normalized spacial score (nSPS) is 11.5. The van der Waals surface area contributed by atoms with E-state index in [1.807, 2.05) is 42.5 Å². The van der Waals surface area contributed by atoms with Gasteiger partial charge in [0.2, 0.25) is 0 Å². The summed E-state index contributed by atoms with van der Waals surface area (Å²) in [5.74, 6) is 0. The first-order valence-electron chi connectivity index (χ1n) is 19.0. The number of nitrogens with zero attached hydrogens (tertiary/aromatic N) is 2. The molecule has 2 heterocycles. The fourth-order valence-electron chi connectivity index (χ4n) is 8.16. The third-order valence-corrected chi connectivity index (χ3v) is 11.1. The Bertz CT molecular complexity index is 3190. The molecule has 0 aliphatic rings. The third kappa shape index (κ3) is 5.69. The average Bonchev–Trinajstić information content (AvgIpc) is 3.84. The molecule has 11 rings (SSSR count). The van der Waals surface area contributed by atoms with Crippen LogP contribution in [0.4, 0.5) is 17.1 Å². The van der Waals surface area contributed by atoms with Gasteiger partial charge in [0.25, 0.3) is 0 Å². The summed E-state index contributed by atoms with van der Waals surface area (Å²) >= 11 is 0. The van der Waals surface area contributed by atoms with Crippen LogP contribution >= 0.6 is 0 Å². The Balaban J connectivity index is 0.964. The van der Waals surface area contributed by atoms with E-state index in [9.17, 15) is 5.26 Å². The van der Waals surface area contributed by atoms with Crippen molar-refractivity contribution >= 4 is 71.7 Å². The van der Waals surface area contributed by atoms with Crippen LogP contribution < -0.4 is 4.90 Å². The molecule has 0 saturated heterocycles. The maximum Gasteiger partial charge on any atom is 0.135 e. The van der Waals surface area contributed by atoms with E-state index in [-0.39, 0.29) is 0 Å². The summed E-state index contributed by atoms with van der Waals surface area (Å²) in [7, 11) is 0. The zero-order valence-corrected chi connectivity index (χ0v) is 30.7. The molecule has 0 saturated carbocycles. The number of nitriles is 1. The molecule has 0 bridgehead atoms. The molecule has 0 aliphatic heterocycles. The van der Waals surface area contributed by atoms with Crippen molar-refractivity contribution in [3.63, 3.8) is 0 Å². The zero-order chi connectivity index (χ0) is 37.9. The van der Waals surface area contributed by atoms with Gasteiger partial charge < -0.3 is 13.7 Å². The lowest BCUT2D eigenvalue weighted by atomic mass is 9.99. The fraction of sp³-hybridized carbons (Fsp3) is 0. The lowest BCUT2D eigenvalue weighted by Crippen LogP contribution is -2.09. The number of anilines is 3. The van der Waals surface area contributed by atoms with Gasteiger partial charge in [-0.2, -0.15) is 5.26 Å². The predicted molar refractivity (Wildman–Crippen MR) is 234 cm³/mol. The van der Waals surface area contributed by atoms with Crippen LogP contribution in [0.3, 0.4) is 0 Å². The lowest BCUT2D eigenvalue weighted by molar-refractivity contribution is 0.668. The highest BCUT2D eigenvalue weighted by molar-refractivity contribution is 6.07. The molecule has 0 aliphatic carbocycles. The minimum absolute atomic E-state index is 0.668. The Labute approximate surface area is 328 Å². The van der Waals surface area contributed by atoms with Crippen LogP contribution in [0.15, 0.2) is 203 Å². The number of furan rings is 2. The molecule has 0 unspecified atom stereocenters. The van der Waals surface area contributed by atoms with Crippen LogP contribution in [0.2, 0.25) is 0 Å². The summed E-state index contributed by atoms with van der Waals surface area (Å²) < 4.78 is 12.2. The van der Waals surface area contributed by atoms with E-state index in [0.717, 1.165) is 105 Å². The van der Waals surface area contributed by atoms with Crippen molar-refractivity contribution in [3.8, 4) is 39.4 Å². The van der Waals surface area contributed by atoms with Crippen LogP contribution in [0.5, 0.6) is 0 Å². The monoisotopic (exact) mass is 728 g/mol. The first-order chi connectivity index (χ1) is 28.1. The van der Waals surface area contributed by atoms with Crippen molar-refractivity contribution in [2.24, 2.45) is 0 Å². The summed E-state index contributed by atoms with van der Waals surface area (Å²) in [6.07, 6.45) is 0. The minimum atomic E-state index is 0.668. The second kappa shape index (κ2) is 13.2. The molecule has 266 valence electrons. The number of hydrogen-bond acceptors (Lipinski definition) is 4. The molecule has 0 fully saturated rings. The van der Waals surface area contributed by atoms with Gasteiger partial charge in [-0.05, 0) is 135 Å². The van der Waals surface area contributed by atoms with Crippen molar-refractivity contribution in [1.29, 1.82) is 5.26 Å². The van der Waals surface area contributed by atoms with Gasteiger partial charge in [-0.3, -0.25) is 0 Å².